The Labute approximate surface area is 128 Å². The monoisotopic (exact) mass is 306 g/mol. The van der Waals surface area contributed by atoms with Crippen molar-refractivity contribution in [3.63, 3.8) is 0 Å². The molecule has 0 bridgehead atoms. The van der Waals surface area contributed by atoms with Crippen molar-refractivity contribution in [1.82, 2.24) is 4.90 Å². The van der Waals surface area contributed by atoms with Crippen molar-refractivity contribution in [2.24, 2.45) is 0 Å². The van der Waals surface area contributed by atoms with Gasteiger partial charge in [0.25, 0.3) is 0 Å². The number of amides is 1. The first-order valence-electron chi connectivity index (χ1n) is 7.31. The second-order valence-corrected chi connectivity index (χ2v) is 6.75. The lowest BCUT2D eigenvalue weighted by atomic mass is 9.85. The topological polar surface area (TPSA) is 49.9 Å². The summed E-state index contributed by atoms with van der Waals surface area (Å²) < 4.78 is 19.3. The Bertz CT molecular complexity index is 626. The highest BCUT2D eigenvalue weighted by atomic mass is 19.1. The zero-order valence-electron chi connectivity index (χ0n) is 12.9. The summed E-state index contributed by atoms with van der Waals surface area (Å²) >= 11 is 0. The summed E-state index contributed by atoms with van der Waals surface area (Å²) in [4.78, 5) is 26.4. The van der Waals surface area contributed by atoms with Crippen LogP contribution >= 0.6 is 0 Å². The van der Waals surface area contributed by atoms with Crippen LogP contribution in [0.2, 0.25) is 0 Å². The first kappa shape index (κ1) is 14.8. The molecule has 2 aliphatic heterocycles. The number of anilines is 1. The van der Waals surface area contributed by atoms with E-state index in [1.807, 2.05) is 25.7 Å². The fourth-order valence-corrected chi connectivity index (χ4v) is 2.88. The van der Waals surface area contributed by atoms with Crippen LogP contribution in [0.15, 0.2) is 18.2 Å². The lowest BCUT2D eigenvalue weighted by molar-refractivity contribution is -0.0311. The second-order valence-electron chi connectivity index (χ2n) is 6.75. The number of benzene rings is 1. The minimum Gasteiger partial charge on any atom is -0.444 e. The Morgan fingerprint density at radius 1 is 1.32 bits per heavy atom. The van der Waals surface area contributed by atoms with E-state index in [-0.39, 0.29) is 24.0 Å². The number of halogens is 1. The Hall–Kier alpha value is -2.11. The Kier molecular flexibility index (Phi) is 3.34. The molecular formula is C16H19FN2O3. The summed E-state index contributed by atoms with van der Waals surface area (Å²) in [6.45, 7) is 6.56. The minimum absolute atomic E-state index is 0.0640. The van der Waals surface area contributed by atoms with Crippen molar-refractivity contribution in [2.75, 3.05) is 18.0 Å². The van der Waals surface area contributed by atoms with Crippen molar-refractivity contribution >= 4 is 18.1 Å². The quantitative estimate of drug-likeness (QED) is 0.788. The van der Waals surface area contributed by atoms with Crippen LogP contribution in [0.4, 0.5) is 14.9 Å². The highest BCUT2D eigenvalue weighted by molar-refractivity contribution is 5.78. The molecule has 0 spiro atoms. The smallest absolute Gasteiger partial charge is 0.410 e. The molecule has 1 unspecified atom stereocenters. The van der Waals surface area contributed by atoms with Crippen LogP contribution in [-0.2, 0) is 4.74 Å². The molecule has 0 aromatic heterocycles. The van der Waals surface area contributed by atoms with E-state index < -0.39 is 5.60 Å². The van der Waals surface area contributed by atoms with Gasteiger partial charge in [0.05, 0.1) is 17.8 Å². The van der Waals surface area contributed by atoms with Crippen molar-refractivity contribution in [2.45, 2.75) is 38.5 Å². The maximum Gasteiger partial charge on any atom is 0.410 e. The molecule has 0 aliphatic carbocycles. The summed E-state index contributed by atoms with van der Waals surface area (Å²) in [5.74, 6) is -0.347. The fraction of sp³-hybridized carbons (Fsp3) is 0.500. The van der Waals surface area contributed by atoms with E-state index >= 15 is 0 Å². The van der Waals surface area contributed by atoms with E-state index in [4.69, 9.17) is 4.74 Å². The molecule has 1 aromatic carbocycles. The zero-order valence-corrected chi connectivity index (χ0v) is 12.9. The molecule has 22 heavy (non-hydrogen) atoms. The standard InChI is InChI=1S/C16H19FN2O3/c1-16(2,3)22-15(21)19-8-13-14(19)7-18(13)12-6-10(9-20)4-5-11(12)17/h4-6,9,13-14H,7-8H2,1-3H3/t13-,14?/m1/s1. The van der Waals surface area contributed by atoms with E-state index in [1.54, 1.807) is 11.0 Å². The first-order valence-corrected chi connectivity index (χ1v) is 7.31. The van der Waals surface area contributed by atoms with Crippen LogP contribution in [0.5, 0.6) is 0 Å². The number of carbonyl (C=O) groups excluding carboxylic acids is 2. The van der Waals surface area contributed by atoms with Gasteiger partial charge in [0.15, 0.2) is 0 Å². The van der Waals surface area contributed by atoms with Gasteiger partial charge in [-0.15, -0.1) is 0 Å². The van der Waals surface area contributed by atoms with E-state index in [9.17, 15) is 14.0 Å². The van der Waals surface area contributed by atoms with Gasteiger partial charge in [-0.1, -0.05) is 0 Å². The van der Waals surface area contributed by atoms with Gasteiger partial charge in [0.2, 0.25) is 0 Å². The summed E-state index contributed by atoms with van der Waals surface area (Å²) in [5.41, 5.74) is 0.355. The van der Waals surface area contributed by atoms with Crippen LogP contribution in [0, 0.1) is 5.82 Å². The number of fused-ring (bicyclic) bond motifs is 1. The van der Waals surface area contributed by atoms with Crippen LogP contribution in [0.3, 0.4) is 0 Å². The normalized spacial score (nSPS) is 23.3. The van der Waals surface area contributed by atoms with Gasteiger partial charge in [0, 0.05) is 18.7 Å². The van der Waals surface area contributed by atoms with Gasteiger partial charge in [-0.25, -0.2) is 9.18 Å². The molecule has 2 fully saturated rings. The molecule has 0 N–H and O–H groups in total. The number of carbonyl (C=O) groups is 2. The van der Waals surface area contributed by atoms with Gasteiger partial charge in [-0.3, -0.25) is 9.69 Å². The molecule has 118 valence electrons. The summed E-state index contributed by atoms with van der Waals surface area (Å²) in [5, 5.41) is 0. The number of nitrogens with zero attached hydrogens (tertiary/aromatic N) is 2. The van der Waals surface area contributed by atoms with Crippen LogP contribution < -0.4 is 4.90 Å². The average molecular weight is 306 g/mol. The average Bonchev–Trinajstić information content (AvgIpc) is 2.40. The van der Waals surface area contributed by atoms with Crippen molar-refractivity contribution in [3.8, 4) is 0 Å². The summed E-state index contributed by atoms with van der Waals surface area (Å²) in [6.07, 6.45) is 0.379. The van der Waals surface area contributed by atoms with Crippen molar-refractivity contribution < 1.29 is 18.7 Å². The predicted octanol–water partition coefficient (Wildman–Crippen LogP) is 2.45. The Balaban J connectivity index is 1.65. The molecule has 1 amide bonds. The molecule has 2 heterocycles. The number of rotatable bonds is 2. The molecule has 2 aliphatic rings. The number of piperazine rings is 1. The molecule has 5 nitrogen and oxygen atoms in total. The largest absolute Gasteiger partial charge is 0.444 e. The lowest BCUT2D eigenvalue weighted by Gasteiger charge is -2.62. The minimum atomic E-state index is -0.518. The predicted molar refractivity (Wildman–Crippen MR) is 79.6 cm³/mol. The first-order chi connectivity index (χ1) is 10.3. The van der Waals surface area contributed by atoms with Gasteiger partial charge < -0.3 is 9.64 Å². The molecule has 1 aromatic rings. The molecule has 6 heteroatoms. The SMILES string of the molecule is CC(C)(C)OC(=O)N1C[C@@H]2C1CN2c1cc(C=O)ccc1F. The third kappa shape index (κ3) is 2.42. The molecule has 2 saturated heterocycles. The summed E-state index contributed by atoms with van der Waals surface area (Å²) in [7, 11) is 0. The number of hydrogen-bond donors (Lipinski definition) is 0. The van der Waals surface area contributed by atoms with E-state index in [0.717, 1.165) is 0 Å². The third-order valence-electron chi connectivity index (χ3n) is 4.06. The molecule has 0 radical (unpaired) electrons. The van der Waals surface area contributed by atoms with Gasteiger partial charge in [0.1, 0.15) is 17.7 Å². The van der Waals surface area contributed by atoms with Crippen LogP contribution in [-0.4, -0.2) is 48.1 Å². The lowest BCUT2D eigenvalue weighted by Crippen LogP contribution is -2.80. The van der Waals surface area contributed by atoms with E-state index in [0.29, 0.717) is 30.6 Å². The Morgan fingerprint density at radius 3 is 2.59 bits per heavy atom. The molecule has 2 atom stereocenters. The molecule has 0 saturated carbocycles. The Morgan fingerprint density at radius 2 is 2.05 bits per heavy atom. The maximum atomic E-state index is 13.9. The van der Waals surface area contributed by atoms with E-state index in [2.05, 4.69) is 0 Å². The molecule has 3 rings (SSSR count). The number of aldehydes is 1. The fourth-order valence-electron chi connectivity index (χ4n) is 2.88. The van der Waals surface area contributed by atoms with Gasteiger partial charge in [-0.2, -0.15) is 0 Å². The van der Waals surface area contributed by atoms with Crippen LogP contribution in [0.25, 0.3) is 0 Å². The van der Waals surface area contributed by atoms with Crippen LogP contribution in [0.1, 0.15) is 31.1 Å². The second kappa shape index (κ2) is 4.97. The maximum absolute atomic E-state index is 13.9. The molecular weight excluding hydrogens is 287 g/mol. The zero-order chi connectivity index (χ0) is 16.1. The number of likely N-dealkylation sites (tertiary alicyclic amines) is 1. The number of hydrogen-bond acceptors (Lipinski definition) is 4. The highest BCUT2D eigenvalue weighted by Gasteiger charge is 2.55. The summed E-state index contributed by atoms with van der Waals surface area (Å²) in [6, 6.07) is 4.47. The third-order valence-corrected chi connectivity index (χ3v) is 4.06. The van der Waals surface area contributed by atoms with E-state index in [1.165, 1.54) is 12.1 Å². The van der Waals surface area contributed by atoms with Gasteiger partial charge >= 0.3 is 6.09 Å². The number of ether oxygens (including phenoxy) is 1. The van der Waals surface area contributed by atoms with Crippen molar-refractivity contribution in [3.05, 3.63) is 29.6 Å². The van der Waals surface area contributed by atoms with Gasteiger partial charge in [-0.05, 0) is 39.0 Å². The highest BCUT2D eigenvalue weighted by Crippen LogP contribution is 2.39. The van der Waals surface area contributed by atoms with Crippen molar-refractivity contribution in [1.29, 1.82) is 0 Å².